The van der Waals surface area contributed by atoms with Gasteiger partial charge in [-0.2, -0.15) is 8.42 Å². The van der Waals surface area contributed by atoms with E-state index in [0.717, 1.165) is 0 Å². The maximum absolute atomic E-state index is 11.0. The largest absolute Gasteiger partial charge is 0.333 e. The van der Waals surface area contributed by atoms with Crippen molar-refractivity contribution in [3.05, 3.63) is 0 Å². The summed E-state index contributed by atoms with van der Waals surface area (Å²) in [7, 11) is -4.78. The van der Waals surface area contributed by atoms with Gasteiger partial charge in [0, 0.05) is 5.92 Å². The molecule has 2 heterocycles. The smallest absolute Gasteiger partial charge is 0.312 e. The molecule has 0 radical (unpaired) electrons. The summed E-state index contributed by atoms with van der Waals surface area (Å²) in [6.45, 7) is 3.25. The lowest BCUT2D eigenvalue weighted by molar-refractivity contribution is 0.0577. The highest BCUT2D eigenvalue weighted by Crippen LogP contribution is 2.45. The van der Waals surface area contributed by atoms with Crippen LogP contribution < -0.4 is 0 Å². The van der Waals surface area contributed by atoms with Gasteiger partial charge in [0.25, 0.3) is 10.1 Å². The van der Waals surface area contributed by atoms with Gasteiger partial charge in [0.15, 0.2) is 0 Å². The molecular weight excluding hydrogens is 243 g/mol. The molecule has 0 aromatic heterocycles. The monoisotopic (exact) mass is 256 g/mol. The molecule has 1 atom stereocenters. The average Bonchev–Trinajstić information content (AvgIpc) is 2.50. The van der Waals surface area contributed by atoms with E-state index in [0.29, 0.717) is 19.1 Å². The Bertz CT molecular complexity index is 309. The summed E-state index contributed by atoms with van der Waals surface area (Å²) < 4.78 is 42.4. The van der Waals surface area contributed by atoms with Crippen LogP contribution in [0.4, 0.5) is 0 Å². The molecule has 0 amide bonds. The summed E-state index contributed by atoms with van der Waals surface area (Å²) in [5, 5.41) is 0. The molecule has 6 nitrogen and oxygen atoms in total. The molecule has 88 valence electrons. The van der Waals surface area contributed by atoms with Crippen molar-refractivity contribution in [3.8, 4) is 0 Å². The van der Waals surface area contributed by atoms with Crippen LogP contribution in [0.25, 0.3) is 0 Å². The van der Waals surface area contributed by atoms with Gasteiger partial charge in [0.05, 0.1) is 19.8 Å². The van der Waals surface area contributed by atoms with E-state index >= 15 is 0 Å². The van der Waals surface area contributed by atoms with Crippen molar-refractivity contribution in [2.75, 3.05) is 25.6 Å². The van der Waals surface area contributed by atoms with Crippen LogP contribution in [-0.4, -0.2) is 40.1 Å². The first-order chi connectivity index (χ1) is 7.05. The molecule has 2 rings (SSSR count). The molecule has 2 aliphatic heterocycles. The van der Waals surface area contributed by atoms with Gasteiger partial charge in [-0.25, -0.2) is 0 Å². The number of hydrogen-bond donors (Lipinski definition) is 0. The summed E-state index contributed by atoms with van der Waals surface area (Å²) in [4.78, 5) is 0. The molecular formula is C7H13O6PS. The van der Waals surface area contributed by atoms with Crippen molar-refractivity contribution < 1.29 is 26.2 Å². The molecule has 0 spiro atoms. The zero-order valence-corrected chi connectivity index (χ0v) is 10.00. The lowest BCUT2D eigenvalue weighted by Crippen LogP contribution is -2.21. The Hall–Kier alpha value is 0.220. The van der Waals surface area contributed by atoms with Gasteiger partial charge in [-0.15, -0.1) is 0 Å². The standard InChI is InChI=1S/C7H13O6PS/c1-6-2-10-14(11-3-6)13-7-4-12-15(8,9)5-7/h6-7H,2-5H2,1H3. The molecule has 15 heavy (non-hydrogen) atoms. The predicted octanol–water partition coefficient (Wildman–Crippen LogP) is 0.641. The first-order valence-electron chi connectivity index (χ1n) is 4.65. The third-order valence-electron chi connectivity index (χ3n) is 1.99. The van der Waals surface area contributed by atoms with Crippen LogP contribution in [0.3, 0.4) is 0 Å². The third-order valence-corrected chi connectivity index (χ3v) is 4.45. The fraction of sp³-hybridized carbons (Fsp3) is 1.00. The van der Waals surface area contributed by atoms with Crippen LogP contribution in [-0.2, 0) is 27.9 Å². The van der Waals surface area contributed by atoms with Crippen molar-refractivity contribution in [1.29, 1.82) is 0 Å². The second-order valence-corrected chi connectivity index (χ2v) is 6.52. The van der Waals surface area contributed by atoms with Crippen molar-refractivity contribution in [2.45, 2.75) is 13.0 Å². The molecule has 0 aromatic carbocycles. The fourth-order valence-electron chi connectivity index (χ4n) is 1.21. The molecule has 8 heteroatoms. The first-order valence-corrected chi connectivity index (χ1v) is 7.32. The van der Waals surface area contributed by atoms with E-state index in [1.54, 1.807) is 0 Å². The van der Waals surface area contributed by atoms with Gasteiger partial charge in [0.2, 0.25) is 0 Å². The van der Waals surface area contributed by atoms with E-state index in [1.165, 1.54) is 0 Å². The molecule has 2 fully saturated rings. The Morgan fingerprint density at radius 1 is 1.27 bits per heavy atom. The maximum atomic E-state index is 11.0. The predicted molar refractivity (Wildman–Crippen MR) is 52.6 cm³/mol. The van der Waals surface area contributed by atoms with Crippen LogP contribution >= 0.6 is 8.60 Å². The molecule has 0 bridgehead atoms. The average molecular weight is 256 g/mol. The van der Waals surface area contributed by atoms with Crippen molar-refractivity contribution >= 4 is 18.7 Å². The summed E-state index contributed by atoms with van der Waals surface area (Å²) in [6, 6.07) is 0. The highest BCUT2D eigenvalue weighted by molar-refractivity contribution is 7.87. The van der Waals surface area contributed by atoms with Crippen molar-refractivity contribution in [2.24, 2.45) is 5.92 Å². The van der Waals surface area contributed by atoms with Crippen LogP contribution in [0.15, 0.2) is 0 Å². The molecule has 0 aromatic rings. The lowest BCUT2D eigenvalue weighted by atomic mass is 10.2. The third kappa shape index (κ3) is 3.34. The van der Waals surface area contributed by atoms with Gasteiger partial charge in [-0.1, -0.05) is 6.92 Å². The molecule has 1 unspecified atom stereocenters. The Morgan fingerprint density at radius 2 is 1.93 bits per heavy atom. The van der Waals surface area contributed by atoms with Gasteiger partial charge < -0.3 is 13.6 Å². The number of hydrogen-bond acceptors (Lipinski definition) is 6. The van der Waals surface area contributed by atoms with E-state index in [1.807, 2.05) is 6.92 Å². The molecule has 2 aliphatic rings. The lowest BCUT2D eigenvalue weighted by Gasteiger charge is -2.26. The second kappa shape index (κ2) is 4.61. The molecule has 0 N–H and O–H groups in total. The van der Waals surface area contributed by atoms with Gasteiger partial charge in [0.1, 0.15) is 11.9 Å². The minimum absolute atomic E-state index is 0.0590. The van der Waals surface area contributed by atoms with Crippen LogP contribution in [0, 0.1) is 5.92 Å². The fourth-order valence-corrected chi connectivity index (χ4v) is 3.71. The summed E-state index contributed by atoms with van der Waals surface area (Å²) in [5.74, 6) is 0.240. The molecule has 2 saturated heterocycles. The zero-order chi connectivity index (χ0) is 10.9. The summed E-state index contributed by atoms with van der Waals surface area (Å²) in [5.41, 5.74) is 0. The van der Waals surface area contributed by atoms with Crippen molar-refractivity contribution in [1.82, 2.24) is 0 Å². The number of rotatable bonds is 2. The van der Waals surface area contributed by atoms with E-state index in [9.17, 15) is 8.42 Å². The highest BCUT2D eigenvalue weighted by atomic mass is 32.2. The van der Waals surface area contributed by atoms with Crippen molar-refractivity contribution in [3.63, 3.8) is 0 Å². The van der Waals surface area contributed by atoms with Crippen LogP contribution in [0.2, 0.25) is 0 Å². The summed E-state index contributed by atoms with van der Waals surface area (Å²) in [6.07, 6.45) is -0.463. The second-order valence-electron chi connectivity index (χ2n) is 3.66. The van der Waals surface area contributed by atoms with Crippen LogP contribution in [0.5, 0.6) is 0 Å². The van der Waals surface area contributed by atoms with Gasteiger partial charge in [-0.3, -0.25) is 4.18 Å². The minimum atomic E-state index is -3.38. The first kappa shape index (κ1) is 11.7. The summed E-state index contributed by atoms with van der Waals surface area (Å²) >= 11 is 0. The maximum Gasteiger partial charge on any atom is 0.333 e. The molecule has 0 aliphatic carbocycles. The topological polar surface area (TPSA) is 71.1 Å². The van der Waals surface area contributed by atoms with E-state index in [-0.39, 0.29) is 12.4 Å². The quantitative estimate of drug-likeness (QED) is 0.533. The Labute approximate surface area is 90.0 Å². The van der Waals surface area contributed by atoms with Gasteiger partial charge in [-0.05, 0) is 0 Å². The minimum Gasteiger partial charge on any atom is -0.312 e. The van der Waals surface area contributed by atoms with E-state index in [2.05, 4.69) is 4.18 Å². The molecule has 0 saturated carbocycles. The van der Waals surface area contributed by atoms with E-state index < -0.39 is 24.8 Å². The Balaban J connectivity index is 1.78. The van der Waals surface area contributed by atoms with Gasteiger partial charge >= 0.3 is 8.60 Å². The SMILES string of the molecule is CC1COP(OC2COS(=O)(=O)C2)OC1. The normalized spacial score (nSPS) is 40.5. The Kier molecular flexibility index (Phi) is 3.59. The zero-order valence-electron chi connectivity index (χ0n) is 8.29. The highest BCUT2D eigenvalue weighted by Gasteiger charge is 2.34. The van der Waals surface area contributed by atoms with Crippen LogP contribution in [0.1, 0.15) is 6.92 Å². The Morgan fingerprint density at radius 3 is 2.47 bits per heavy atom. The van der Waals surface area contributed by atoms with E-state index in [4.69, 9.17) is 13.6 Å².